The molecule has 0 spiro atoms. The fraction of sp³-hybridized carbons (Fsp3) is 0.250. The first-order valence-corrected chi connectivity index (χ1v) is 8.08. The second-order valence-corrected chi connectivity index (χ2v) is 5.77. The fourth-order valence-corrected chi connectivity index (χ4v) is 2.71. The summed E-state index contributed by atoms with van der Waals surface area (Å²) >= 11 is 1.25. The minimum absolute atomic E-state index is 0.0594. The minimum Gasteiger partial charge on any atom is -0.481 e. The summed E-state index contributed by atoms with van der Waals surface area (Å²) in [6, 6.07) is 6.37. The van der Waals surface area contributed by atoms with Gasteiger partial charge in [-0.2, -0.15) is 0 Å². The van der Waals surface area contributed by atoms with Gasteiger partial charge in [0.05, 0.1) is 30.7 Å². The number of hydrogen-bond donors (Lipinski definition) is 2. The first kappa shape index (κ1) is 17.6. The van der Waals surface area contributed by atoms with Crippen LogP contribution in [0.5, 0.6) is 0 Å². The number of carboxylic acid groups (broad SMARTS) is 1. The van der Waals surface area contributed by atoms with Gasteiger partial charge in [-0.25, -0.2) is 9.78 Å². The fourth-order valence-electron chi connectivity index (χ4n) is 1.91. The van der Waals surface area contributed by atoms with Crippen LogP contribution in [0.3, 0.4) is 0 Å². The Balaban J connectivity index is 1.91. The number of anilines is 1. The predicted octanol–water partition coefficient (Wildman–Crippen LogP) is 2.13. The van der Waals surface area contributed by atoms with E-state index >= 15 is 0 Å². The van der Waals surface area contributed by atoms with E-state index in [2.05, 4.69) is 10.3 Å². The second-order valence-electron chi connectivity index (χ2n) is 4.83. The lowest BCUT2D eigenvalue weighted by atomic mass is 10.2. The predicted molar refractivity (Wildman–Crippen MR) is 88.2 cm³/mol. The van der Waals surface area contributed by atoms with Gasteiger partial charge in [0.25, 0.3) is 0 Å². The molecule has 2 rings (SSSR count). The Hall–Kier alpha value is -2.74. The number of carboxylic acids is 1. The molecule has 0 unspecified atom stereocenters. The molecular weight excluding hydrogens is 332 g/mol. The molecule has 24 heavy (non-hydrogen) atoms. The summed E-state index contributed by atoms with van der Waals surface area (Å²) in [5, 5.41) is 13.6. The number of rotatable bonds is 7. The molecular formula is C16H16N2O5S. The van der Waals surface area contributed by atoms with Crippen molar-refractivity contribution < 1.29 is 24.2 Å². The summed E-state index contributed by atoms with van der Waals surface area (Å²) in [5.74, 6) is -1.64. The van der Waals surface area contributed by atoms with Crippen LogP contribution in [0.25, 0.3) is 0 Å². The number of thiazole rings is 1. The van der Waals surface area contributed by atoms with E-state index in [-0.39, 0.29) is 18.7 Å². The topological polar surface area (TPSA) is 106 Å². The van der Waals surface area contributed by atoms with Gasteiger partial charge in [0.2, 0.25) is 5.91 Å². The molecule has 0 aliphatic heterocycles. The third-order valence-corrected chi connectivity index (χ3v) is 3.82. The Morgan fingerprint density at radius 1 is 1.21 bits per heavy atom. The van der Waals surface area contributed by atoms with E-state index in [1.807, 2.05) is 0 Å². The van der Waals surface area contributed by atoms with Crippen LogP contribution in [-0.2, 0) is 27.2 Å². The zero-order valence-electron chi connectivity index (χ0n) is 12.9. The Morgan fingerprint density at radius 3 is 2.54 bits per heavy atom. The van der Waals surface area contributed by atoms with Crippen LogP contribution in [0.2, 0.25) is 0 Å². The second kappa shape index (κ2) is 8.21. The number of carbonyl (C=O) groups excluding carboxylic acids is 2. The maximum absolute atomic E-state index is 12.0. The van der Waals surface area contributed by atoms with Crippen molar-refractivity contribution in [3.05, 3.63) is 45.9 Å². The van der Waals surface area contributed by atoms with Gasteiger partial charge in [-0.3, -0.25) is 9.59 Å². The molecule has 0 bridgehead atoms. The van der Waals surface area contributed by atoms with Crippen LogP contribution in [-0.4, -0.2) is 34.5 Å². The van der Waals surface area contributed by atoms with E-state index in [0.717, 1.165) is 0 Å². The molecule has 1 aromatic carbocycles. The van der Waals surface area contributed by atoms with Gasteiger partial charge < -0.3 is 15.2 Å². The first-order valence-electron chi connectivity index (χ1n) is 7.20. The average molecular weight is 348 g/mol. The molecule has 1 heterocycles. The standard InChI is InChI=1S/C16H16N2O5S/c1-2-23-16(22)10-3-5-11(6-4-10)17-13(19)8-14-18-12(9-24-14)7-15(20)21/h3-6,9H,2,7-8H2,1H3,(H,17,19)(H,20,21). The highest BCUT2D eigenvalue weighted by Gasteiger charge is 2.11. The number of aliphatic carboxylic acids is 1. The van der Waals surface area contributed by atoms with Crippen LogP contribution in [0.1, 0.15) is 28.0 Å². The molecule has 8 heteroatoms. The highest BCUT2D eigenvalue weighted by molar-refractivity contribution is 7.09. The first-order chi connectivity index (χ1) is 11.5. The average Bonchev–Trinajstić information content (AvgIpc) is 2.94. The largest absolute Gasteiger partial charge is 0.481 e. The summed E-state index contributed by atoms with van der Waals surface area (Å²) in [6.45, 7) is 2.03. The number of esters is 1. The van der Waals surface area contributed by atoms with Gasteiger partial charge in [-0.1, -0.05) is 0 Å². The number of nitrogens with zero attached hydrogens (tertiary/aromatic N) is 1. The van der Waals surface area contributed by atoms with Gasteiger partial charge in [0, 0.05) is 11.1 Å². The number of nitrogens with one attached hydrogen (secondary N) is 1. The van der Waals surface area contributed by atoms with Crippen molar-refractivity contribution in [1.82, 2.24) is 4.98 Å². The molecule has 2 N–H and O–H groups in total. The molecule has 1 aromatic heterocycles. The number of amides is 1. The molecule has 0 aliphatic rings. The summed E-state index contributed by atoms with van der Waals surface area (Å²) < 4.78 is 4.88. The maximum atomic E-state index is 12.0. The van der Waals surface area contributed by atoms with E-state index < -0.39 is 11.9 Å². The minimum atomic E-state index is -0.960. The number of carbonyl (C=O) groups is 3. The number of aromatic nitrogens is 1. The quantitative estimate of drug-likeness (QED) is 0.743. The molecule has 2 aromatic rings. The van der Waals surface area contributed by atoms with Gasteiger partial charge in [0.1, 0.15) is 5.01 Å². The smallest absolute Gasteiger partial charge is 0.338 e. The third kappa shape index (κ3) is 5.17. The highest BCUT2D eigenvalue weighted by Crippen LogP contribution is 2.14. The molecule has 0 saturated heterocycles. The van der Waals surface area contributed by atoms with E-state index in [0.29, 0.717) is 28.6 Å². The lowest BCUT2D eigenvalue weighted by Crippen LogP contribution is -2.14. The maximum Gasteiger partial charge on any atom is 0.338 e. The normalized spacial score (nSPS) is 10.2. The van der Waals surface area contributed by atoms with Crippen molar-refractivity contribution in [3.8, 4) is 0 Å². The summed E-state index contributed by atoms with van der Waals surface area (Å²) in [7, 11) is 0. The number of hydrogen-bond acceptors (Lipinski definition) is 6. The molecule has 0 atom stereocenters. The van der Waals surface area contributed by atoms with E-state index in [9.17, 15) is 14.4 Å². The molecule has 0 fully saturated rings. The van der Waals surface area contributed by atoms with Crippen LogP contribution in [0.4, 0.5) is 5.69 Å². The molecule has 1 amide bonds. The Morgan fingerprint density at radius 2 is 1.92 bits per heavy atom. The van der Waals surface area contributed by atoms with E-state index in [1.54, 1.807) is 36.6 Å². The molecule has 0 aliphatic carbocycles. The van der Waals surface area contributed by atoms with Crippen LogP contribution in [0.15, 0.2) is 29.6 Å². The van der Waals surface area contributed by atoms with E-state index in [4.69, 9.17) is 9.84 Å². The third-order valence-electron chi connectivity index (χ3n) is 2.92. The van der Waals surface area contributed by atoms with Crippen molar-refractivity contribution >= 4 is 34.9 Å². The monoisotopic (exact) mass is 348 g/mol. The summed E-state index contributed by atoms with van der Waals surface area (Å²) in [6.07, 6.45) is -0.0998. The SMILES string of the molecule is CCOC(=O)c1ccc(NC(=O)Cc2nc(CC(=O)O)cs2)cc1. The molecule has 7 nitrogen and oxygen atoms in total. The Labute approximate surface area is 142 Å². The van der Waals surface area contributed by atoms with Gasteiger partial charge in [0.15, 0.2) is 0 Å². The summed E-state index contributed by atoms with van der Waals surface area (Å²) in [5.41, 5.74) is 1.40. The lowest BCUT2D eigenvalue weighted by Gasteiger charge is -2.05. The Kier molecular flexibility index (Phi) is 6.02. The van der Waals surface area contributed by atoms with E-state index in [1.165, 1.54) is 11.3 Å². The number of benzene rings is 1. The van der Waals surface area contributed by atoms with Crippen molar-refractivity contribution in [2.75, 3.05) is 11.9 Å². The molecule has 0 radical (unpaired) electrons. The van der Waals surface area contributed by atoms with Crippen molar-refractivity contribution in [3.63, 3.8) is 0 Å². The molecule has 0 saturated carbocycles. The van der Waals surface area contributed by atoms with Crippen LogP contribution < -0.4 is 5.32 Å². The zero-order chi connectivity index (χ0) is 17.5. The Bertz CT molecular complexity index is 739. The van der Waals surface area contributed by atoms with Crippen molar-refractivity contribution in [2.45, 2.75) is 19.8 Å². The lowest BCUT2D eigenvalue weighted by molar-refractivity contribution is -0.136. The number of ether oxygens (including phenoxy) is 1. The van der Waals surface area contributed by atoms with Gasteiger partial charge in [-0.15, -0.1) is 11.3 Å². The highest BCUT2D eigenvalue weighted by atomic mass is 32.1. The van der Waals surface area contributed by atoms with Gasteiger partial charge in [-0.05, 0) is 31.2 Å². The van der Waals surface area contributed by atoms with Crippen molar-refractivity contribution in [1.29, 1.82) is 0 Å². The van der Waals surface area contributed by atoms with Crippen LogP contribution >= 0.6 is 11.3 Å². The van der Waals surface area contributed by atoms with Crippen LogP contribution in [0, 0.1) is 0 Å². The summed E-state index contributed by atoms with van der Waals surface area (Å²) in [4.78, 5) is 38.2. The zero-order valence-corrected chi connectivity index (χ0v) is 13.8. The van der Waals surface area contributed by atoms with Gasteiger partial charge >= 0.3 is 11.9 Å². The molecule has 126 valence electrons. The van der Waals surface area contributed by atoms with Crippen molar-refractivity contribution in [2.24, 2.45) is 0 Å².